The minimum Gasteiger partial charge on any atom is -0.549 e. The Morgan fingerprint density at radius 3 is 2.65 bits per heavy atom. The van der Waals surface area contributed by atoms with Crippen LogP contribution in [0.15, 0.2) is 12.1 Å². The minimum absolute atomic E-state index is 0. The second kappa shape index (κ2) is 9.47. The minimum atomic E-state index is -1.13. The summed E-state index contributed by atoms with van der Waals surface area (Å²) in [4.78, 5) is 12.8. The maximum Gasteiger partial charge on any atom is 1.00 e. The molecule has 8 heteroatoms. The Morgan fingerprint density at radius 1 is 1.43 bits per heavy atom. The molecule has 0 amide bonds. The van der Waals surface area contributed by atoms with E-state index in [0.29, 0.717) is 28.8 Å². The Labute approximate surface area is 167 Å². The summed E-state index contributed by atoms with van der Waals surface area (Å²) >= 11 is 12.1. The zero-order chi connectivity index (χ0) is 16.3. The van der Waals surface area contributed by atoms with Crippen LogP contribution in [0.4, 0.5) is 0 Å². The first kappa shape index (κ1) is 21.0. The van der Waals surface area contributed by atoms with Crippen molar-refractivity contribution in [2.24, 2.45) is 5.92 Å². The first-order chi connectivity index (χ1) is 10.5. The van der Waals surface area contributed by atoms with E-state index < -0.39 is 5.97 Å². The average molecular weight is 370 g/mol. The molecule has 2 unspecified atom stereocenters. The number of rotatable bonds is 5. The number of methoxy groups -OCH3 is 1. The van der Waals surface area contributed by atoms with Crippen LogP contribution >= 0.6 is 23.2 Å². The maximum atomic E-state index is 11.0. The van der Waals surface area contributed by atoms with E-state index in [1.807, 2.05) is 4.90 Å². The summed E-state index contributed by atoms with van der Waals surface area (Å²) in [5, 5.41) is 21.2. The van der Waals surface area contributed by atoms with Gasteiger partial charge in [-0.05, 0) is 31.4 Å². The number of carbonyl (C=O) groups is 1. The maximum absolute atomic E-state index is 11.0. The summed E-state index contributed by atoms with van der Waals surface area (Å²) in [6, 6.07) is 3.11. The summed E-state index contributed by atoms with van der Waals surface area (Å²) < 4.78 is 5.36. The molecule has 1 saturated heterocycles. The summed E-state index contributed by atoms with van der Waals surface area (Å²) in [5.41, 5.74) is 0.774. The second-order valence-corrected chi connectivity index (χ2v) is 6.25. The number of halogens is 2. The van der Waals surface area contributed by atoms with Crippen LogP contribution in [0.5, 0.6) is 5.75 Å². The number of ether oxygens (including phenoxy) is 1. The number of aliphatic carboxylic acids is 1. The van der Waals surface area contributed by atoms with E-state index in [2.05, 4.69) is 0 Å². The Bertz CT molecular complexity index is 559. The number of carboxylic acids is 1. The summed E-state index contributed by atoms with van der Waals surface area (Å²) in [6.07, 6.45) is 1.36. The molecular formula is C15H18Cl2NNaO4. The van der Waals surface area contributed by atoms with Gasteiger partial charge in [0.2, 0.25) is 0 Å². The Kier molecular flexibility index (Phi) is 8.66. The quantitative estimate of drug-likeness (QED) is 0.639. The van der Waals surface area contributed by atoms with Gasteiger partial charge in [-0.1, -0.05) is 23.2 Å². The van der Waals surface area contributed by atoms with Crippen LogP contribution in [0.25, 0.3) is 0 Å². The van der Waals surface area contributed by atoms with Gasteiger partial charge >= 0.3 is 29.6 Å². The van der Waals surface area contributed by atoms with Gasteiger partial charge in [0.1, 0.15) is 5.75 Å². The second-order valence-electron chi connectivity index (χ2n) is 5.44. The molecule has 1 heterocycles. The van der Waals surface area contributed by atoms with Crippen molar-refractivity contribution in [2.45, 2.75) is 18.9 Å². The molecule has 1 aromatic rings. The van der Waals surface area contributed by atoms with Crippen molar-refractivity contribution < 1.29 is 49.3 Å². The van der Waals surface area contributed by atoms with Crippen LogP contribution in [0.2, 0.25) is 10.0 Å². The molecule has 0 aromatic heterocycles. The van der Waals surface area contributed by atoms with Gasteiger partial charge in [-0.2, -0.15) is 0 Å². The van der Waals surface area contributed by atoms with Gasteiger partial charge < -0.3 is 19.7 Å². The van der Waals surface area contributed by atoms with Crippen LogP contribution in [0, 0.1) is 5.92 Å². The smallest absolute Gasteiger partial charge is 0.549 e. The standard InChI is InChI=1S/C15H19Cl2NO4.Na/c1-22-14-6-12(17)11(16)5-10(14)13-4-9(8-19)2-3-18(13)7-15(20)21;/h5-6,9,13,19H,2-4,7-8H2,1H3,(H,20,21);/q;+1/p-1. The predicted octanol–water partition coefficient (Wildman–Crippen LogP) is -1.50. The Hall–Kier alpha value is -0.0100. The number of nitrogens with zero attached hydrogens (tertiary/aromatic N) is 1. The van der Waals surface area contributed by atoms with Crippen molar-refractivity contribution in [1.29, 1.82) is 0 Å². The van der Waals surface area contributed by atoms with E-state index in [-0.39, 0.29) is 54.7 Å². The number of aliphatic hydroxyl groups is 1. The molecule has 1 aliphatic rings. The van der Waals surface area contributed by atoms with Gasteiger partial charge in [0.05, 0.1) is 23.1 Å². The summed E-state index contributed by atoms with van der Waals surface area (Å²) in [6.45, 7) is 0.457. The number of hydrogen-bond acceptors (Lipinski definition) is 5. The normalized spacial score (nSPS) is 21.6. The fourth-order valence-electron chi connectivity index (χ4n) is 2.91. The fourth-order valence-corrected chi connectivity index (χ4v) is 3.24. The summed E-state index contributed by atoms with van der Waals surface area (Å²) in [7, 11) is 1.53. The van der Waals surface area contributed by atoms with Crippen molar-refractivity contribution in [3.8, 4) is 5.75 Å². The molecule has 1 N–H and O–H groups in total. The van der Waals surface area contributed by atoms with Crippen LogP contribution in [0.1, 0.15) is 24.4 Å². The molecule has 122 valence electrons. The Balaban J connectivity index is 0.00000264. The number of benzene rings is 1. The molecular weight excluding hydrogens is 352 g/mol. The molecule has 1 fully saturated rings. The van der Waals surface area contributed by atoms with Crippen molar-refractivity contribution in [3.05, 3.63) is 27.7 Å². The molecule has 0 aliphatic carbocycles. The van der Waals surface area contributed by atoms with Gasteiger partial charge in [-0.15, -0.1) is 0 Å². The molecule has 2 atom stereocenters. The monoisotopic (exact) mass is 369 g/mol. The molecule has 0 radical (unpaired) electrons. The molecule has 1 aromatic carbocycles. The number of likely N-dealkylation sites (tertiary alicyclic amines) is 1. The van der Waals surface area contributed by atoms with Gasteiger partial charge in [-0.25, -0.2) is 0 Å². The van der Waals surface area contributed by atoms with Gasteiger partial charge in [0.25, 0.3) is 0 Å². The van der Waals surface area contributed by atoms with Gasteiger partial charge in [0, 0.05) is 30.8 Å². The third-order valence-electron chi connectivity index (χ3n) is 4.04. The summed E-state index contributed by atoms with van der Waals surface area (Å²) in [5.74, 6) is -0.463. The SMILES string of the molecule is COc1cc(Cl)c(Cl)cc1C1CC(CO)CCN1CC(=O)[O-].[Na+]. The molecule has 0 saturated carbocycles. The largest absolute Gasteiger partial charge is 1.00 e. The third-order valence-corrected chi connectivity index (χ3v) is 4.77. The van der Waals surface area contributed by atoms with E-state index in [1.54, 1.807) is 12.1 Å². The molecule has 5 nitrogen and oxygen atoms in total. The van der Waals surface area contributed by atoms with Crippen LogP contribution in [-0.2, 0) is 4.79 Å². The fraction of sp³-hybridized carbons (Fsp3) is 0.533. The van der Waals surface area contributed by atoms with E-state index in [0.717, 1.165) is 12.0 Å². The average Bonchev–Trinajstić information content (AvgIpc) is 2.49. The van der Waals surface area contributed by atoms with E-state index in [1.165, 1.54) is 7.11 Å². The van der Waals surface area contributed by atoms with E-state index >= 15 is 0 Å². The Morgan fingerprint density at radius 2 is 2.09 bits per heavy atom. The molecule has 23 heavy (non-hydrogen) atoms. The van der Waals surface area contributed by atoms with Crippen molar-refractivity contribution in [2.75, 3.05) is 26.8 Å². The van der Waals surface area contributed by atoms with Crippen LogP contribution in [0.3, 0.4) is 0 Å². The molecule has 1 aliphatic heterocycles. The first-order valence-corrected chi connectivity index (χ1v) is 7.79. The topological polar surface area (TPSA) is 72.8 Å². The third kappa shape index (κ3) is 5.23. The molecule has 2 rings (SSSR count). The molecule has 0 spiro atoms. The van der Waals surface area contributed by atoms with Crippen molar-refractivity contribution in [1.82, 2.24) is 4.90 Å². The number of aliphatic hydroxyl groups excluding tert-OH is 1. The van der Waals surface area contributed by atoms with Crippen LogP contribution < -0.4 is 39.4 Å². The number of carboxylic acid groups (broad SMARTS) is 1. The van der Waals surface area contributed by atoms with E-state index in [9.17, 15) is 15.0 Å². The predicted molar refractivity (Wildman–Crippen MR) is 82.1 cm³/mol. The van der Waals surface area contributed by atoms with Crippen molar-refractivity contribution >= 4 is 29.2 Å². The van der Waals surface area contributed by atoms with Crippen molar-refractivity contribution in [3.63, 3.8) is 0 Å². The van der Waals surface area contributed by atoms with Gasteiger partial charge in [0.15, 0.2) is 0 Å². The zero-order valence-corrected chi connectivity index (χ0v) is 16.7. The number of piperidine rings is 1. The zero-order valence-electron chi connectivity index (χ0n) is 13.2. The number of carbonyl (C=O) groups excluding carboxylic acids is 1. The first-order valence-electron chi connectivity index (χ1n) is 7.04. The van der Waals surface area contributed by atoms with Crippen LogP contribution in [-0.4, -0.2) is 42.8 Å². The van der Waals surface area contributed by atoms with Gasteiger partial charge in [-0.3, -0.25) is 4.90 Å². The van der Waals surface area contributed by atoms with E-state index in [4.69, 9.17) is 27.9 Å². The molecule has 0 bridgehead atoms. The number of hydrogen-bond donors (Lipinski definition) is 1.